The summed E-state index contributed by atoms with van der Waals surface area (Å²) in [5.41, 5.74) is 0. The third kappa shape index (κ3) is 1.41. The number of aliphatic hydroxyl groups excluding tert-OH is 2. The zero-order chi connectivity index (χ0) is 6.85. The minimum absolute atomic E-state index is 0.0637. The van der Waals surface area contributed by atoms with E-state index in [0.29, 0.717) is 6.61 Å². The summed E-state index contributed by atoms with van der Waals surface area (Å²) in [6, 6.07) is 0. The molecule has 1 rings (SSSR count). The quantitative estimate of drug-likeness (QED) is 0.461. The molecule has 2 N–H and O–H groups in total. The minimum Gasteiger partial charge on any atom is -0.390 e. The van der Waals surface area contributed by atoms with Gasteiger partial charge in [-0.05, 0) is 0 Å². The van der Waals surface area contributed by atoms with E-state index in [1.165, 1.54) is 0 Å². The molecule has 3 heteroatoms. The van der Waals surface area contributed by atoms with Crippen molar-refractivity contribution in [3.8, 4) is 0 Å². The van der Waals surface area contributed by atoms with Crippen LogP contribution in [0.1, 0.15) is 6.92 Å². The topological polar surface area (TPSA) is 49.7 Å². The van der Waals surface area contributed by atoms with E-state index >= 15 is 0 Å². The van der Waals surface area contributed by atoms with Crippen LogP contribution in [0.25, 0.3) is 0 Å². The fourth-order valence-corrected chi connectivity index (χ4v) is 0.951. The largest absolute Gasteiger partial charge is 0.390 e. The molecular weight excluding hydrogens is 120 g/mol. The molecule has 0 radical (unpaired) electrons. The molecule has 0 saturated carbocycles. The second-order valence-electron chi connectivity index (χ2n) is 2.57. The Balaban J connectivity index is 2.41. The molecule has 0 spiro atoms. The molecule has 0 bridgehead atoms. The zero-order valence-corrected chi connectivity index (χ0v) is 5.45. The maximum Gasteiger partial charge on any atom is 0.103 e. The van der Waals surface area contributed by atoms with Gasteiger partial charge < -0.3 is 14.9 Å². The predicted molar refractivity (Wildman–Crippen MR) is 32.0 cm³/mol. The number of hydrogen-bond donors (Lipinski definition) is 2. The van der Waals surface area contributed by atoms with Gasteiger partial charge in [-0.25, -0.2) is 0 Å². The van der Waals surface area contributed by atoms with Crippen LogP contribution in [0.4, 0.5) is 0 Å². The third-order valence-corrected chi connectivity index (χ3v) is 1.65. The van der Waals surface area contributed by atoms with Crippen LogP contribution >= 0.6 is 0 Å². The lowest BCUT2D eigenvalue weighted by Gasteiger charge is -2.28. The molecule has 1 saturated heterocycles. The van der Waals surface area contributed by atoms with E-state index in [-0.39, 0.29) is 12.5 Å². The summed E-state index contributed by atoms with van der Waals surface area (Å²) in [7, 11) is 0. The van der Waals surface area contributed by atoms with Crippen molar-refractivity contribution in [2.45, 2.75) is 19.1 Å². The van der Waals surface area contributed by atoms with Crippen LogP contribution in [0.5, 0.6) is 0 Å². The van der Waals surface area contributed by atoms with E-state index < -0.39 is 12.2 Å². The van der Waals surface area contributed by atoms with E-state index in [9.17, 15) is 0 Å². The Morgan fingerprint density at radius 2 is 2.00 bits per heavy atom. The SMILES string of the molecule is CC1COC[C@@H](O)[C@H]1O. The van der Waals surface area contributed by atoms with Gasteiger partial charge in [-0.2, -0.15) is 0 Å². The fraction of sp³-hybridized carbons (Fsp3) is 1.00. The van der Waals surface area contributed by atoms with Crippen molar-refractivity contribution in [2.24, 2.45) is 5.92 Å². The first-order valence-electron chi connectivity index (χ1n) is 3.15. The maximum absolute atomic E-state index is 9.12. The summed E-state index contributed by atoms with van der Waals surface area (Å²) in [5, 5.41) is 18.1. The van der Waals surface area contributed by atoms with Gasteiger partial charge in [-0.1, -0.05) is 6.92 Å². The average molecular weight is 132 g/mol. The maximum atomic E-state index is 9.12. The first-order chi connectivity index (χ1) is 4.22. The van der Waals surface area contributed by atoms with Crippen molar-refractivity contribution in [3.63, 3.8) is 0 Å². The van der Waals surface area contributed by atoms with Gasteiger partial charge in [-0.15, -0.1) is 0 Å². The molecule has 1 heterocycles. The summed E-state index contributed by atoms with van der Waals surface area (Å²) in [6.45, 7) is 2.68. The van der Waals surface area contributed by atoms with Crippen molar-refractivity contribution in [1.82, 2.24) is 0 Å². The lowest BCUT2D eigenvalue weighted by molar-refractivity contribution is -0.115. The molecule has 1 aliphatic rings. The van der Waals surface area contributed by atoms with Gasteiger partial charge in [0, 0.05) is 5.92 Å². The molecule has 9 heavy (non-hydrogen) atoms. The second kappa shape index (κ2) is 2.64. The Morgan fingerprint density at radius 1 is 1.33 bits per heavy atom. The standard InChI is InChI=1S/C6H12O3/c1-4-2-9-3-5(7)6(4)8/h4-8H,2-3H2,1H3/t4?,5-,6+/m1/s1. The van der Waals surface area contributed by atoms with Gasteiger partial charge in [0.1, 0.15) is 6.10 Å². The van der Waals surface area contributed by atoms with Gasteiger partial charge in [0.25, 0.3) is 0 Å². The highest BCUT2D eigenvalue weighted by molar-refractivity contribution is 4.76. The average Bonchev–Trinajstić information content (AvgIpc) is 1.83. The summed E-state index contributed by atoms with van der Waals surface area (Å²) in [4.78, 5) is 0. The zero-order valence-electron chi connectivity index (χ0n) is 5.45. The minimum atomic E-state index is -0.686. The van der Waals surface area contributed by atoms with Crippen molar-refractivity contribution >= 4 is 0 Å². The molecule has 3 nitrogen and oxygen atoms in total. The van der Waals surface area contributed by atoms with Crippen LogP contribution in [-0.4, -0.2) is 35.6 Å². The highest BCUT2D eigenvalue weighted by atomic mass is 16.5. The van der Waals surface area contributed by atoms with Gasteiger partial charge in [0.15, 0.2) is 0 Å². The van der Waals surface area contributed by atoms with Crippen LogP contribution in [0.15, 0.2) is 0 Å². The summed E-state index contributed by atoms with van der Waals surface area (Å²) >= 11 is 0. The highest BCUT2D eigenvalue weighted by Crippen LogP contribution is 2.13. The van der Waals surface area contributed by atoms with Gasteiger partial charge >= 0.3 is 0 Å². The van der Waals surface area contributed by atoms with Gasteiger partial charge in [-0.3, -0.25) is 0 Å². The first-order valence-corrected chi connectivity index (χ1v) is 3.15. The lowest BCUT2D eigenvalue weighted by Crippen LogP contribution is -2.42. The molecule has 0 aromatic carbocycles. The number of rotatable bonds is 0. The van der Waals surface area contributed by atoms with Crippen LogP contribution in [-0.2, 0) is 4.74 Å². The van der Waals surface area contributed by atoms with Crippen molar-refractivity contribution in [1.29, 1.82) is 0 Å². The molecule has 1 aliphatic heterocycles. The Morgan fingerprint density at radius 3 is 2.44 bits per heavy atom. The first kappa shape index (κ1) is 6.99. The van der Waals surface area contributed by atoms with E-state index in [4.69, 9.17) is 14.9 Å². The molecule has 0 aromatic rings. The second-order valence-corrected chi connectivity index (χ2v) is 2.57. The number of ether oxygens (including phenoxy) is 1. The molecule has 54 valence electrons. The molecule has 0 aliphatic carbocycles. The lowest BCUT2D eigenvalue weighted by atomic mass is 9.99. The van der Waals surface area contributed by atoms with E-state index in [1.807, 2.05) is 6.92 Å². The Labute approximate surface area is 54.3 Å². The van der Waals surface area contributed by atoms with Gasteiger partial charge in [0.05, 0.1) is 19.3 Å². The summed E-state index contributed by atoms with van der Waals surface area (Å²) in [6.07, 6.45) is -1.28. The number of hydrogen-bond acceptors (Lipinski definition) is 3. The number of aliphatic hydroxyl groups is 2. The Bertz CT molecular complexity index is 84.3. The van der Waals surface area contributed by atoms with Crippen LogP contribution in [0.2, 0.25) is 0 Å². The molecule has 1 unspecified atom stereocenters. The van der Waals surface area contributed by atoms with Crippen molar-refractivity contribution < 1.29 is 14.9 Å². The van der Waals surface area contributed by atoms with Crippen LogP contribution in [0, 0.1) is 5.92 Å². The Hall–Kier alpha value is -0.120. The third-order valence-electron chi connectivity index (χ3n) is 1.65. The van der Waals surface area contributed by atoms with Crippen LogP contribution in [0.3, 0.4) is 0 Å². The van der Waals surface area contributed by atoms with Crippen LogP contribution < -0.4 is 0 Å². The van der Waals surface area contributed by atoms with Crippen molar-refractivity contribution in [3.05, 3.63) is 0 Å². The van der Waals surface area contributed by atoms with E-state index in [1.54, 1.807) is 0 Å². The monoisotopic (exact) mass is 132 g/mol. The predicted octanol–water partition coefficient (Wildman–Crippen LogP) is -0.626. The van der Waals surface area contributed by atoms with E-state index in [0.717, 1.165) is 0 Å². The molecule has 0 amide bonds. The van der Waals surface area contributed by atoms with E-state index in [2.05, 4.69) is 0 Å². The molecule has 1 fully saturated rings. The highest BCUT2D eigenvalue weighted by Gasteiger charge is 2.27. The summed E-state index contributed by atoms with van der Waals surface area (Å²) in [5.74, 6) is 0.0637. The smallest absolute Gasteiger partial charge is 0.103 e. The fourth-order valence-electron chi connectivity index (χ4n) is 0.951. The van der Waals surface area contributed by atoms with Crippen molar-refractivity contribution in [2.75, 3.05) is 13.2 Å². The van der Waals surface area contributed by atoms with Gasteiger partial charge in [0.2, 0.25) is 0 Å². The normalized spacial score (nSPS) is 45.0. The molecular formula is C6H12O3. The summed E-state index contributed by atoms with van der Waals surface area (Å²) < 4.78 is 4.95. The molecule has 3 atom stereocenters. The Kier molecular flexibility index (Phi) is 2.05. The molecule has 0 aromatic heterocycles.